The summed E-state index contributed by atoms with van der Waals surface area (Å²) in [6, 6.07) is 7.88. The minimum Gasteiger partial charge on any atom is -0.492 e. The lowest BCUT2D eigenvalue weighted by Gasteiger charge is -2.18. The first-order valence-electron chi connectivity index (χ1n) is 7.30. The maximum Gasteiger partial charge on any atom is 0.220 e. The van der Waals surface area contributed by atoms with Crippen LogP contribution in [0.25, 0.3) is 0 Å². The van der Waals surface area contributed by atoms with Crippen LogP contribution in [0.3, 0.4) is 0 Å². The van der Waals surface area contributed by atoms with Gasteiger partial charge in [0.15, 0.2) is 0 Å². The normalized spacial score (nSPS) is 12.4. The third-order valence-electron chi connectivity index (χ3n) is 3.52. The van der Waals surface area contributed by atoms with Crippen molar-refractivity contribution in [3.8, 4) is 5.75 Å². The highest BCUT2D eigenvalue weighted by Crippen LogP contribution is 2.15. The predicted octanol–water partition coefficient (Wildman–Crippen LogP) is 2.07. The maximum absolute atomic E-state index is 11.0. The fourth-order valence-electron chi connectivity index (χ4n) is 2.01. The second kappa shape index (κ2) is 8.59. The second-order valence-electron chi connectivity index (χ2n) is 5.03. The van der Waals surface area contributed by atoms with Crippen molar-refractivity contribution < 1.29 is 9.53 Å². The molecule has 0 fully saturated rings. The van der Waals surface area contributed by atoms with Gasteiger partial charge in [-0.1, -0.05) is 32.9 Å². The van der Waals surface area contributed by atoms with Gasteiger partial charge in [0.2, 0.25) is 5.91 Å². The summed E-state index contributed by atoms with van der Waals surface area (Å²) in [4.78, 5) is 13.3. The van der Waals surface area contributed by atoms with Crippen LogP contribution < -0.4 is 10.5 Å². The van der Waals surface area contributed by atoms with Gasteiger partial charge in [-0.05, 0) is 37.2 Å². The summed E-state index contributed by atoms with van der Waals surface area (Å²) in [6.07, 6.45) is 0.676. The Morgan fingerprint density at radius 1 is 1.25 bits per heavy atom. The first-order chi connectivity index (χ1) is 9.56. The Morgan fingerprint density at radius 3 is 2.35 bits per heavy atom. The topological polar surface area (TPSA) is 55.6 Å². The molecule has 2 N–H and O–H groups in total. The molecule has 1 amide bonds. The van der Waals surface area contributed by atoms with Gasteiger partial charge in [-0.2, -0.15) is 0 Å². The first-order valence-corrected chi connectivity index (χ1v) is 7.30. The monoisotopic (exact) mass is 278 g/mol. The molecule has 1 rings (SSSR count). The number of nitrogens with two attached hydrogens (primary N) is 1. The van der Waals surface area contributed by atoms with E-state index in [1.54, 1.807) is 0 Å². The number of ether oxygens (including phenoxy) is 1. The van der Waals surface area contributed by atoms with E-state index in [4.69, 9.17) is 10.5 Å². The molecule has 0 aliphatic rings. The molecule has 0 radical (unpaired) electrons. The van der Waals surface area contributed by atoms with Gasteiger partial charge in [0, 0.05) is 12.5 Å². The van der Waals surface area contributed by atoms with Crippen LogP contribution in [0.1, 0.15) is 26.3 Å². The van der Waals surface area contributed by atoms with Crippen LogP contribution in [0.4, 0.5) is 0 Å². The molecule has 20 heavy (non-hydrogen) atoms. The van der Waals surface area contributed by atoms with Crippen LogP contribution in [0.15, 0.2) is 24.3 Å². The number of rotatable bonds is 9. The fourth-order valence-corrected chi connectivity index (χ4v) is 2.01. The Hall–Kier alpha value is -1.55. The van der Waals surface area contributed by atoms with Gasteiger partial charge in [0.05, 0.1) is 0 Å². The van der Waals surface area contributed by atoms with Crippen molar-refractivity contribution in [2.24, 2.45) is 11.7 Å². The zero-order valence-electron chi connectivity index (χ0n) is 12.8. The van der Waals surface area contributed by atoms with Crippen LogP contribution in [0, 0.1) is 5.92 Å². The van der Waals surface area contributed by atoms with Gasteiger partial charge in [-0.3, -0.25) is 4.79 Å². The molecular weight excluding hydrogens is 252 g/mol. The van der Waals surface area contributed by atoms with E-state index in [0.29, 0.717) is 13.0 Å². The molecule has 1 unspecified atom stereocenters. The predicted molar refractivity (Wildman–Crippen MR) is 81.8 cm³/mol. The molecule has 0 saturated heterocycles. The van der Waals surface area contributed by atoms with Crippen molar-refractivity contribution >= 4 is 5.91 Å². The highest BCUT2D eigenvalue weighted by Gasteiger charge is 2.09. The van der Waals surface area contributed by atoms with Gasteiger partial charge in [0.1, 0.15) is 12.4 Å². The van der Waals surface area contributed by atoms with Crippen LogP contribution in [-0.2, 0) is 11.2 Å². The fraction of sp³-hybridized carbons (Fsp3) is 0.562. The van der Waals surface area contributed by atoms with Gasteiger partial charge in [-0.15, -0.1) is 0 Å². The number of nitrogens with zero attached hydrogens (tertiary/aromatic N) is 1. The summed E-state index contributed by atoms with van der Waals surface area (Å²) >= 11 is 0. The Bertz CT molecular complexity index is 399. The molecule has 0 aromatic heterocycles. The van der Waals surface area contributed by atoms with Gasteiger partial charge < -0.3 is 15.4 Å². The number of amides is 1. The molecule has 0 spiro atoms. The minimum atomic E-state index is -0.260. The van der Waals surface area contributed by atoms with Gasteiger partial charge in [-0.25, -0.2) is 0 Å². The molecule has 0 heterocycles. The highest BCUT2D eigenvalue weighted by atomic mass is 16.5. The average Bonchev–Trinajstić information content (AvgIpc) is 2.45. The summed E-state index contributed by atoms with van der Waals surface area (Å²) in [7, 11) is 0. The standard InChI is InChI=1S/C16H26N2O2/c1-4-18(5-2)10-11-20-15-8-6-14(7-9-15)12-13(3)16(17)19/h6-9,13H,4-5,10-12H2,1-3H3,(H2,17,19). The van der Waals surface area contributed by atoms with Crippen LogP contribution in [0.5, 0.6) is 5.75 Å². The lowest BCUT2D eigenvalue weighted by Crippen LogP contribution is -2.27. The van der Waals surface area contributed by atoms with Crippen molar-refractivity contribution in [1.29, 1.82) is 0 Å². The zero-order valence-corrected chi connectivity index (χ0v) is 12.8. The Morgan fingerprint density at radius 2 is 1.85 bits per heavy atom. The number of hydrogen-bond donors (Lipinski definition) is 1. The summed E-state index contributed by atoms with van der Waals surface area (Å²) in [5.41, 5.74) is 6.37. The van der Waals surface area contributed by atoms with Crippen molar-refractivity contribution in [3.63, 3.8) is 0 Å². The van der Waals surface area contributed by atoms with E-state index in [0.717, 1.165) is 30.9 Å². The van der Waals surface area contributed by atoms with Crippen molar-refractivity contribution in [2.75, 3.05) is 26.2 Å². The molecule has 1 aromatic rings. The molecule has 1 atom stereocenters. The largest absolute Gasteiger partial charge is 0.492 e. The van der Waals surface area contributed by atoms with E-state index >= 15 is 0 Å². The highest BCUT2D eigenvalue weighted by molar-refractivity contribution is 5.76. The Balaban J connectivity index is 2.40. The molecular formula is C16H26N2O2. The summed E-state index contributed by atoms with van der Waals surface area (Å²) in [5.74, 6) is 0.474. The SMILES string of the molecule is CCN(CC)CCOc1ccc(CC(C)C(N)=O)cc1. The maximum atomic E-state index is 11.0. The summed E-state index contributed by atoms with van der Waals surface area (Å²) in [5, 5.41) is 0. The Labute approximate surface area is 121 Å². The first kappa shape index (κ1) is 16.5. The number of hydrogen-bond acceptors (Lipinski definition) is 3. The van der Waals surface area contributed by atoms with E-state index in [1.165, 1.54) is 0 Å². The number of likely N-dealkylation sites (N-methyl/N-ethyl adjacent to an activating group) is 1. The average molecular weight is 278 g/mol. The molecule has 112 valence electrons. The Kier molecular flexibility index (Phi) is 7.09. The van der Waals surface area contributed by atoms with Gasteiger partial charge in [0.25, 0.3) is 0 Å². The molecule has 0 bridgehead atoms. The quantitative estimate of drug-likeness (QED) is 0.752. The second-order valence-corrected chi connectivity index (χ2v) is 5.03. The van der Waals surface area contributed by atoms with E-state index < -0.39 is 0 Å². The molecule has 0 aliphatic heterocycles. The smallest absolute Gasteiger partial charge is 0.220 e. The summed E-state index contributed by atoms with van der Waals surface area (Å²) in [6.45, 7) is 9.87. The van der Waals surface area contributed by atoms with Crippen LogP contribution in [0.2, 0.25) is 0 Å². The van der Waals surface area contributed by atoms with E-state index in [2.05, 4.69) is 18.7 Å². The van der Waals surface area contributed by atoms with Gasteiger partial charge >= 0.3 is 0 Å². The minimum absolute atomic E-state index is 0.135. The van der Waals surface area contributed by atoms with Crippen molar-refractivity contribution in [2.45, 2.75) is 27.2 Å². The zero-order chi connectivity index (χ0) is 15.0. The third kappa shape index (κ3) is 5.61. The van der Waals surface area contributed by atoms with E-state index in [9.17, 15) is 4.79 Å². The third-order valence-corrected chi connectivity index (χ3v) is 3.52. The van der Waals surface area contributed by atoms with Crippen molar-refractivity contribution in [3.05, 3.63) is 29.8 Å². The number of carbonyl (C=O) groups is 1. The van der Waals surface area contributed by atoms with Crippen LogP contribution >= 0.6 is 0 Å². The van der Waals surface area contributed by atoms with E-state index in [-0.39, 0.29) is 11.8 Å². The molecule has 0 saturated carbocycles. The lowest BCUT2D eigenvalue weighted by atomic mass is 10.0. The molecule has 0 aliphatic carbocycles. The molecule has 4 nitrogen and oxygen atoms in total. The van der Waals surface area contributed by atoms with Crippen LogP contribution in [-0.4, -0.2) is 37.0 Å². The number of primary amides is 1. The number of benzene rings is 1. The van der Waals surface area contributed by atoms with Crippen molar-refractivity contribution in [1.82, 2.24) is 4.90 Å². The number of carbonyl (C=O) groups excluding carboxylic acids is 1. The van der Waals surface area contributed by atoms with E-state index in [1.807, 2.05) is 31.2 Å². The lowest BCUT2D eigenvalue weighted by molar-refractivity contribution is -0.121. The molecule has 4 heteroatoms. The summed E-state index contributed by atoms with van der Waals surface area (Å²) < 4.78 is 5.71. The molecule has 1 aromatic carbocycles.